The number of nitrogens with zero attached hydrogens (tertiary/aromatic N) is 1. The van der Waals surface area contributed by atoms with Gasteiger partial charge in [0.15, 0.2) is 0 Å². The summed E-state index contributed by atoms with van der Waals surface area (Å²) >= 11 is 0. The molecule has 0 spiro atoms. The van der Waals surface area contributed by atoms with E-state index in [1.165, 1.54) is 11.1 Å². The van der Waals surface area contributed by atoms with Crippen LogP contribution in [-0.2, 0) is 6.61 Å². The molecule has 2 rings (SSSR count). The van der Waals surface area contributed by atoms with Gasteiger partial charge in [0.1, 0.15) is 5.82 Å². The Morgan fingerprint density at radius 2 is 1.82 bits per heavy atom. The summed E-state index contributed by atoms with van der Waals surface area (Å²) in [5.74, 6) is 0.715. The van der Waals surface area contributed by atoms with Gasteiger partial charge in [-0.15, -0.1) is 0 Å². The predicted octanol–water partition coefficient (Wildman–Crippen LogP) is 2.93. The summed E-state index contributed by atoms with van der Waals surface area (Å²) in [5, 5.41) is 12.5. The van der Waals surface area contributed by atoms with Crippen LogP contribution in [0.3, 0.4) is 0 Å². The molecule has 0 atom stereocenters. The van der Waals surface area contributed by atoms with Gasteiger partial charge in [-0.25, -0.2) is 4.98 Å². The fourth-order valence-corrected chi connectivity index (χ4v) is 1.81. The van der Waals surface area contributed by atoms with Gasteiger partial charge in [0.25, 0.3) is 0 Å². The highest BCUT2D eigenvalue weighted by Gasteiger charge is 2.06. The largest absolute Gasteiger partial charge is 0.392 e. The maximum Gasteiger partial charge on any atom is 0.135 e. The van der Waals surface area contributed by atoms with E-state index in [1.54, 1.807) is 6.20 Å². The summed E-state index contributed by atoms with van der Waals surface area (Å²) in [6.07, 6.45) is 1.72. The molecule has 0 unspecified atom stereocenters. The highest BCUT2D eigenvalue weighted by Crippen LogP contribution is 2.24. The van der Waals surface area contributed by atoms with E-state index in [0.29, 0.717) is 5.82 Å². The number of anilines is 2. The number of para-hydroxylation sites is 1. The van der Waals surface area contributed by atoms with Gasteiger partial charge in [-0.2, -0.15) is 0 Å². The quantitative estimate of drug-likeness (QED) is 0.849. The minimum Gasteiger partial charge on any atom is -0.392 e. The number of aliphatic hydroxyl groups is 1. The van der Waals surface area contributed by atoms with Gasteiger partial charge in [0, 0.05) is 17.4 Å². The van der Waals surface area contributed by atoms with Crippen molar-refractivity contribution in [2.45, 2.75) is 20.5 Å². The lowest BCUT2D eigenvalue weighted by Gasteiger charge is -2.13. The van der Waals surface area contributed by atoms with Crippen LogP contribution in [0.5, 0.6) is 0 Å². The number of aliphatic hydroxyl groups excluding tert-OH is 1. The Labute approximate surface area is 101 Å². The fraction of sp³-hybridized carbons (Fsp3) is 0.214. The molecular weight excluding hydrogens is 212 g/mol. The van der Waals surface area contributed by atoms with E-state index in [2.05, 4.69) is 36.3 Å². The van der Waals surface area contributed by atoms with Crippen LogP contribution in [0.25, 0.3) is 0 Å². The van der Waals surface area contributed by atoms with Gasteiger partial charge >= 0.3 is 0 Å². The van der Waals surface area contributed by atoms with Gasteiger partial charge in [-0.3, -0.25) is 0 Å². The summed E-state index contributed by atoms with van der Waals surface area (Å²) in [7, 11) is 0. The monoisotopic (exact) mass is 228 g/mol. The van der Waals surface area contributed by atoms with Crippen LogP contribution < -0.4 is 5.32 Å². The molecule has 0 amide bonds. The number of pyridine rings is 1. The fourth-order valence-electron chi connectivity index (χ4n) is 1.81. The summed E-state index contributed by atoms with van der Waals surface area (Å²) < 4.78 is 0. The first-order valence-corrected chi connectivity index (χ1v) is 5.60. The maximum absolute atomic E-state index is 9.26. The molecule has 2 aromatic rings. The van der Waals surface area contributed by atoms with Crippen molar-refractivity contribution in [2.24, 2.45) is 0 Å². The molecule has 0 fully saturated rings. The molecule has 0 aliphatic rings. The van der Waals surface area contributed by atoms with Crippen molar-refractivity contribution in [3.63, 3.8) is 0 Å². The zero-order valence-corrected chi connectivity index (χ0v) is 10.1. The third-order valence-electron chi connectivity index (χ3n) is 2.79. The topological polar surface area (TPSA) is 45.2 Å². The van der Waals surface area contributed by atoms with Crippen molar-refractivity contribution in [3.05, 3.63) is 53.2 Å². The van der Waals surface area contributed by atoms with Gasteiger partial charge in [-0.05, 0) is 31.0 Å². The molecule has 3 heteroatoms. The summed E-state index contributed by atoms with van der Waals surface area (Å²) in [6.45, 7) is 4.09. The lowest BCUT2D eigenvalue weighted by molar-refractivity contribution is 0.282. The third-order valence-corrected chi connectivity index (χ3v) is 2.79. The molecule has 0 saturated heterocycles. The van der Waals surface area contributed by atoms with Gasteiger partial charge in [-0.1, -0.05) is 24.3 Å². The zero-order valence-electron chi connectivity index (χ0n) is 10.1. The predicted molar refractivity (Wildman–Crippen MR) is 69.4 cm³/mol. The SMILES string of the molecule is Cc1cccc(C)c1Nc1ncccc1CO. The summed E-state index contributed by atoms with van der Waals surface area (Å²) in [6, 6.07) is 9.82. The Morgan fingerprint density at radius 3 is 2.47 bits per heavy atom. The first-order valence-electron chi connectivity index (χ1n) is 5.60. The lowest BCUT2D eigenvalue weighted by Crippen LogP contribution is -2.01. The molecule has 0 aliphatic heterocycles. The Balaban J connectivity index is 2.38. The highest BCUT2D eigenvalue weighted by atomic mass is 16.3. The van der Waals surface area contributed by atoms with E-state index in [0.717, 1.165) is 11.3 Å². The van der Waals surface area contributed by atoms with Crippen LogP contribution >= 0.6 is 0 Å². The molecule has 1 heterocycles. The van der Waals surface area contributed by atoms with Crippen molar-refractivity contribution < 1.29 is 5.11 Å². The van der Waals surface area contributed by atoms with Crippen LogP contribution in [0.15, 0.2) is 36.5 Å². The summed E-state index contributed by atoms with van der Waals surface area (Å²) in [4.78, 5) is 4.26. The molecule has 88 valence electrons. The Kier molecular flexibility index (Phi) is 3.40. The lowest BCUT2D eigenvalue weighted by atomic mass is 10.1. The van der Waals surface area contributed by atoms with Crippen molar-refractivity contribution in [2.75, 3.05) is 5.32 Å². The normalized spacial score (nSPS) is 10.3. The standard InChI is InChI=1S/C14H16N2O/c1-10-5-3-6-11(2)13(10)16-14-12(9-17)7-4-8-15-14/h3-8,17H,9H2,1-2H3,(H,15,16). The van der Waals surface area contributed by atoms with Crippen LogP contribution in [0, 0.1) is 13.8 Å². The van der Waals surface area contributed by atoms with E-state index < -0.39 is 0 Å². The van der Waals surface area contributed by atoms with Crippen LogP contribution in [-0.4, -0.2) is 10.1 Å². The van der Waals surface area contributed by atoms with Crippen molar-refractivity contribution >= 4 is 11.5 Å². The zero-order chi connectivity index (χ0) is 12.3. The van der Waals surface area contributed by atoms with Crippen LogP contribution in [0.4, 0.5) is 11.5 Å². The van der Waals surface area contributed by atoms with Gasteiger partial charge in [0.2, 0.25) is 0 Å². The molecule has 1 aromatic heterocycles. The average molecular weight is 228 g/mol. The molecule has 0 radical (unpaired) electrons. The van der Waals surface area contributed by atoms with Crippen LogP contribution in [0.2, 0.25) is 0 Å². The molecule has 2 N–H and O–H groups in total. The number of aromatic nitrogens is 1. The molecular formula is C14H16N2O. The minimum atomic E-state index is -0.0128. The smallest absolute Gasteiger partial charge is 0.135 e. The average Bonchev–Trinajstić information content (AvgIpc) is 2.34. The highest BCUT2D eigenvalue weighted by molar-refractivity contribution is 5.66. The second-order valence-electron chi connectivity index (χ2n) is 4.06. The summed E-state index contributed by atoms with van der Waals surface area (Å²) in [5.41, 5.74) is 4.19. The molecule has 17 heavy (non-hydrogen) atoms. The minimum absolute atomic E-state index is 0.0128. The van der Waals surface area contributed by atoms with E-state index in [-0.39, 0.29) is 6.61 Å². The molecule has 0 bridgehead atoms. The number of hydrogen-bond acceptors (Lipinski definition) is 3. The van der Waals surface area contributed by atoms with E-state index in [4.69, 9.17) is 0 Å². The third kappa shape index (κ3) is 2.45. The molecule has 0 saturated carbocycles. The number of benzene rings is 1. The van der Waals surface area contributed by atoms with Crippen molar-refractivity contribution in [1.29, 1.82) is 0 Å². The van der Waals surface area contributed by atoms with E-state index in [1.807, 2.05) is 18.2 Å². The van der Waals surface area contributed by atoms with E-state index in [9.17, 15) is 5.11 Å². The van der Waals surface area contributed by atoms with Crippen molar-refractivity contribution in [3.8, 4) is 0 Å². The second kappa shape index (κ2) is 4.97. The van der Waals surface area contributed by atoms with Crippen LogP contribution in [0.1, 0.15) is 16.7 Å². The van der Waals surface area contributed by atoms with Crippen molar-refractivity contribution in [1.82, 2.24) is 4.98 Å². The second-order valence-corrected chi connectivity index (χ2v) is 4.06. The Morgan fingerprint density at radius 1 is 1.12 bits per heavy atom. The Bertz CT molecular complexity index is 503. The molecule has 1 aromatic carbocycles. The number of aryl methyl sites for hydroxylation is 2. The first-order chi connectivity index (χ1) is 8.22. The maximum atomic E-state index is 9.26. The van der Waals surface area contributed by atoms with Gasteiger partial charge in [0.05, 0.1) is 6.61 Å². The van der Waals surface area contributed by atoms with Gasteiger partial charge < -0.3 is 10.4 Å². The Hall–Kier alpha value is -1.87. The number of rotatable bonds is 3. The number of nitrogens with one attached hydrogen (secondary N) is 1. The van der Waals surface area contributed by atoms with E-state index >= 15 is 0 Å². The first kappa shape index (κ1) is 11.6. The molecule has 0 aliphatic carbocycles. The molecule has 3 nitrogen and oxygen atoms in total. The number of hydrogen-bond donors (Lipinski definition) is 2.